The summed E-state index contributed by atoms with van der Waals surface area (Å²) in [6.45, 7) is 3.62. The third-order valence-electron chi connectivity index (χ3n) is 6.16. The van der Waals surface area contributed by atoms with E-state index in [0.717, 1.165) is 24.6 Å². The maximum atomic E-state index is 13.5. The molecule has 4 atom stereocenters. The Bertz CT molecular complexity index is 854. The maximum absolute atomic E-state index is 13.5. The van der Waals surface area contributed by atoms with E-state index in [1.807, 2.05) is 28.8 Å². The van der Waals surface area contributed by atoms with E-state index >= 15 is 0 Å². The first-order chi connectivity index (χ1) is 13.0. The lowest BCUT2D eigenvalue weighted by atomic mass is 9.76. The van der Waals surface area contributed by atoms with Crippen molar-refractivity contribution >= 4 is 29.3 Å². The van der Waals surface area contributed by atoms with Crippen LogP contribution in [0.25, 0.3) is 0 Å². The van der Waals surface area contributed by atoms with E-state index < -0.39 is 17.4 Å². The van der Waals surface area contributed by atoms with Gasteiger partial charge in [-0.1, -0.05) is 12.2 Å². The van der Waals surface area contributed by atoms with Gasteiger partial charge in [0, 0.05) is 30.3 Å². The van der Waals surface area contributed by atoms with Crippen LogP contribution in [-0.2, 0) is 14.3 Å². The van der Waals surface area contributed by atoms with Crippen molar-refractivity contribution in [3.63, 3.8) is 0 Å². The number of carbonyl (C=O) groups is 2. The van der Waals surface area contributed by atoms with Gasteiger partial charge in [-0.3, -0.25) is 9.59 Å². The molecule has 7 heteroatoms. The van der Waals surface area contributed by atoms with Gasteiger partial charge in [-0.05, 0) is 30.7 Å². The van der Waals surface area contributed by atoms with Crippen molar-refractivity contribution in [2.45, 2.75) is 18.6 Å². The summed E-state index contributed by atoms with van der Waals surface area (Å²) >= 11 is 1.85. The summed E-state index contributed by atoms with van der Waals surface area (Å²) in [5, 5.41) is 0. The number of carbonyl (C=O) groups excluding carboxylic acids is 2. The van der Waals surface area contributed by atoms with Gasteiger partial charge in [0.15, 0.2) is 0 Å². The number of amides is 2. The van der Waals surface area contributed by atoms with Crippen LogP contribution in [0.4, 0.5) is 10.1 Å². The minimum atomic E-state index is -0.743. The van der Waals surface area contributed by atoms with Gasteiger partial charge in [0.1, 0.15) is 11.4 Å². The molecular formula is C20H21FN2O3S. The topological polar surface area (TPSA) is 49.9 Å². The minimum absolute atomic E-state index is 0.0301. The fraction of sp³-hybridized carbons (Fsp3) is 0.500. The summed E-state index contributed by atoms with van der Waals surface area (Å²) in [4.78, 5) is 30.1. The van der Waals surface area contributed by atoms with Crippen molar-refractivity contribution in [2.75, 3.05) is 36.0 Å². The number of nitrogens with zero attached hydrogens (tertiary/aromatic N) is 2. The Labute approximate surface area is 161 Å². The molecule has 0 aromatic heterocycles. The van der Waals surface area contributed by atoms with Crippen LogP contribution in [0.5, 0.6) is 0 Å². The summed E-state index contributed by atoms with van der Waals surface area (Å²) in [6.07, 6.45) is 3.57. The highest BCUT2D eigenvalue weighted by Gasteiger charge is 2.67. The minimum Gasteiger partial charge on any atom is -0.360 e. The van der Waals surface area contributed by atoms with Crippen LogP contribution in [0.2, 0.25) is 0 Å². The number of benzene rings is 1. The number of hydrogen-bond acceptors (Lipinski definition) is 4. The van der Waals surface area contributed by atoms with Crippen LogP contribution >= 0.6 is 11.8 Å². The standard InChI is InChI=1S/C20H21FN2O3S/c1-12-10-13(21)2-3-14(12)23-11-20-5-4-15(26-20)16(17(20)19(23)25)18(24)22-6-8-27-9-7-22/h2-5,10,15-17H,6-9,11H2,1H3/t15-,16?,17?,20-/m1/s1. The highest BCUT2D eigenvalue weighted by atomic mass is 32.2. The smallest absolute Gasteiger partial charge is 0.234 e. The second kappa shape index (κ2) is 6.07. The Morgan fingerprint density at radius 1 is 1.33 bits per heavy atom. The van der Waals surface area contributed by atoms with Gasteiger partial charge in [0.05, 0.1) is 24.5 Å². The van der Waals surface area contributed by atoms with E-state index in [4.69, 9.17) is 4.74 Å². The maximum Gasteiger partial charge on any atom is 0.234 e. The number of rotatable bonds is 2. The SMILES string of the molecule is Cc1cc(F)ccc1N1C[C@@]23C=C[C@@H](O2)C(C(=O)N2CCSCC2)C3C1=O. The van der Waals surface area contributed by atoms with E-state index in [0.29, 0.717) is 17.8 Å². The number of hydrogen-bond donors (Lipinski definition) is 0. The Hall–Kier alpha value is -1.86. The van der Waals surface area contributed by atoms with Gasteiger partial charge in [-0.25, -0.2) is 4.39 Å². The van der Waals surface area contributed by atoms with E-state index in [9.17, 15) is 14.0 Å². The molecule has 0 saturated carbocycles. The molecule has 1 spiro atoms. The Kier molecular flexibility index (Phi) is 3.88. The molecule has 5 rings (SSSR count). The highest BCUT2D eigenvalue weighted by molar-refractivity contribution is 7.99. The number of fused-ring (bicyclic) bond motifs is 1. The molecule has 0 N–H and O–H groups in total. The Morgan fingerprint density at radius 2 is 2.11 bits per heavy atom. The molecule has 142 valence electrons. The molecular weight excluding hydrogens is 367 g/mol. The zero-order chi connectivity index (χ0) is 18.8. The molecule has 0 radical (unpaired) electrons. The fourth-order valence-corrected chi connectivity index (χ4v) is 5.80. The van der Waals surface area contributed by atoms with Crippen LogP contribution in [0.1, 0.15) is 5.56 Å². The summed E-state index contributed by atoms with van der Waals surface area (Å²) in [5.41, 5.74) is 0.647. The molecule has 3 fully saturated rings. The molecule has 4 heterocycles. The van der Waals surface area contributed by atoms with Gasteiger partial charge >= 0.3 is 0 Å². The van der Waals surface area contributed by atoms with E-state index in [-0.39, 0.29) is 23.7 Å². The van der Waals surface area contributed by atoms with Crippen LogP contribution in [-0.4, -0.2) is 59.6 Å². The van der Waals surface area contributed by atoms with Gasteiger partial charge in [0.25, 0.3) is 0 Å². The number of aryl methyl sites for hydroxylation is 1. The lowest BCUT2D eigenvalue weighted by molar-refractivity contribution is -0.140. The third-order valence-corrected chi connectivity index (χ3v) is 7.10. The number of ether oxygens (including phenoxy) is 1. The third kappa shape index (κ3) is 2.48. The average Bonchev–Trinajstić information content (AvgIpc) is 3.30. The van der Waals surface area contributed by atoms with Crippen molar-refractivity contribution in [2.24, 2.45) is 11.8 Å². The lowest BCUT2D eigenvalue weighted by Crippen LogP contribution is -2.48. The van der Waals surface area contributed by atoms with Crippen LogP contribution < -0.4 is 4.90 Å². The Balaban J connectivity index is 1.48. The van der Waals surface area contributed by atoms with Gasteiger partial charge in [-0.2, -0.15) is 11.8 Å². The molecule has 5 nitrogen and oxygen atoms in total. The lowest BCUT2D eigenvalue weighted by Gasteiger charge is -2.32. The Morgan fingerprint density at radius 3 is 2.85 bits per heavy atom. The number of anilines is 1. The molecule has 4 aliphatic rings. The fourth-order valence-electron chi connectivity index (χ4n) is 4.90. The molecule has 1 aromatic rings. The predicted octanol–water partition coefficient (Wildman–Crippen LogP) is 2.00. The van der Waals surface area contributed by atoms with Crippen molar-refractivity contribution < 1.29 is 18.7 Å². The van der Waals surface area contributed by atoms with Crippen molar-refractivity contribution in [1.82, 2.24) is 4.90 Å². The quantitative estimate of drug-likeness (QED) is 0.728. The van der Waals surface area contributed by atoms with Gasteiger partial charge < -0.3 is 14.5 Å². The first-order valence-electron chi connectivity index (χ1n) is 9.31. The molecule has 4 aliphatic heterocycles. The monoisotopic (exact) mass is 388 g/mol. The first-order valence-corrected chi connectivity index (χ1v) is 10.5. The molecule has 1 aromatic carbocycles. The molecule has 27 heavy (non-hydrogen) atoms. The van der Waals surface area contributed by atoms with Crippen molar-refractivity contribution in [3.8, 4) is 0 Å². The van der Waals surface area contributed by atoms with Crippen molar-refractivity contribution in [1.29, 1.82) is 0 Å². The summed E-state index contributed by atoms with van der Waals surface area (Å²) in [5.74, 6) is 0.517. The van der Waals surface area contributed by atoms with Crippen LogP contribution in [0.3, 0.4) is 0 Å². The number of thioether (sulfide) groups is 1. The average molecular weight is 388 g/mol. The zero-order valence-electron chi connectivity index (χ0n) is 15.1. The summed E-state index contributed by atoms with van der Waals surface area (Å²) in [7, 11) is 0. The van der Waals surface area contributed by atoms with Gasteiger partial charge in [0.2, 0.25) is 11.8 Å². The first kappa shape index (κ1) is 17.3. The van der Waals surface area contributed by atoms with E-state index in [1.54, 1.807) is 17.9 Å². The van der Waals surface area contributed by atoms with E-state index in [2.05, 4.69) is 0 Å². The summed E-state index contributed by atoms with van der Waals surface area (Å²) in [6, 6.07) is 4.43. The molecule has 2 bridgehead atoms. The molecule has 2 amide bonds. The molecule has 3 saturated heterocycles. The van der Waals surface area contributed by atoms with Gasteiger partial charge in [-0.15, -0.1) is 0 Å². The predicted molar refractivity (Wildman–Crippen MR) is 101 cm³/mol. The summed E-state index contributed by atoms with van der Waals surface area (Å²) < 4.78 is 19.7. The van der Waals surface area contributed by atoms with E-state index in [1.165, 1.54) is 12.1 Å². The largest absolute Gasteiger partial charge is 0.360 e. The number of halogens is 1. The highest BCUT2D eigenvalue weighted by Crippen LogP contribution is 2.53. The zero-order valence-corrected chi connectivity index (χ0v) is 15.9. The molecule has 0 aliphatic carbocycles. The van der Waals surface area contributed by atoms with Crippen LogP contribution in [0, 0.1) is 24.6 Å². The second-order valence-electron chi connectivity index (χ2n) is 7.69. The normalized spacial score (nSPS) is 34.4. The second-order valence-corrected chi connectivity index (χ2v) is 8.92. The molecule has 2 unspecified atom stereocenters. The van der Waals surface area contributed by atoms with Crippen LogP contribution in [0.15, 0.2) is 30.4 Å². The van der Waals surface area contributed by atoms with Crippen molar-refractivity contribution in [3.05, 3.63) is 41.7 Å².